The maximum absolute atomic E-state index is 12.8. The zero-order chi connectivity index (χ0) is 10.6. The molecule has 0 aliphatic heterocycles. The van der Waals surface area contributed by atoms with Gasteiger partial charge in [-0.15, -0.1) is 0 Å². The average Bonchev–Trinajstić information content (AvgIpc) is 2.01. The van der Waals surface area contributed by atoms with Gasteiger partial charge in [0, 0.05) is 12.1 Å². The van der Waals surface area contributed by atoms with Crippen LogP contribution in [-0.2, 0) is 0 Å². The van der Waals surface area contributed by atoms with Crippen LogP contribution in [0.25, 0.3) is 0 Å². The van der Waals surface area contributed by atoms with Gasteiger partial charge in [-0.3, -0.25) is 0 Å². The van der Waals surface area contributed by atoms with E-state index in [0.29, 0.717) is 5.75 Å². The number of ether oxygens (including phenoxy) is 1. The van der Waals surface area contributed by atoms with Crippen LogP contribution < -0.4 is 10.5 Å². The first-order valence-electron chi connectivity index (χ1n) is 4.75. The van der Waals surface area contributed by atoms with Gasteiger partial charge in [0.1, 0.15) is 11.6 Å². The first-order valence-corrected chi connectivity index (χ1v) is 4.75. The number of benzene rings is 1. The van der Waals surface area contributed by atoms with Crippen LogP contribution in [0.2, 0.25) is 0 Å². The Balaban J connectivity index is 2.51. The van der Waals surface area contributed by atoms with Crippen molar-refractivity contribution in [2.45, 2.75) is 32.4 Å². The van der Waals surface area contributed by atoms with Crippen molar-refractivity contribution in [3.05, 3.63) is 30.1 Å². The Morgan fingerprint density at radius 2 is 2.14 bits per heavy atom. The van der Waals surface area contributed by atoms with E-state index in [1.807, 2.05) is 13.8 Å². The van der Waals surface area contributed by atoms with Gasteiger partial charge in [-0.1, -0.05) is 6.07 Å². The number of halogens is 1. The van der Waals surface area contributed by atoms with Gasteiger partial charge in [-0.2, -0.15) is 0 Å². The molecule has 2 N–H and O–H groups in total. The monoisotopic (exact) mass is 197 g/mol. The minimum atomic E-state index is -0.282. The molecule has 0 heterocycles. The molecule has 2 unspecified atom stereocenters. The van der Waals surface area contributed by atoms with Crippen molar-refractivity contribution in [1.82, 2.24) is 0 Å². The highest BCUT2D eigenvalue weighted by atomic mass is 19.1. The maximum atomic E-state index is 12.8. The van der Waals surface area contributed by atoms with Gasteiger partial charge >= 0.3 is 0 Å². The summed E-state index contributed by atoms with van der Waals surface area (Å²) in [6, 6.07) is 6.23. The van der Waals surface area contributed by atoms with E-state index in [4.69, 9.17) is 10.5 Å². The second kappa shape index (κ2) is 4.96. The number of rotatable bonds is 4. The van der Waals surface area contributed by atoms with E-state index in [9.17, 15) is 4.39 Å². The Bertz CT molecular complexity index is 288. The number of nitrogens with two attached hydrogens (primary N) is 1. The lowest BCUT2D eigenvalue weighted by atomic mass is 10.2. The van der Waals surface area contributed by atoms with Crippen LogP contribution in [0.3, 0.4) is 0 Å². The van der Waals surface area contributed by atoms with E-state index < -0.39 is 0 Å². The minimum absolute atomic E-state index is 0.0109. The van der Waals surface area contributed by atoms with Crippen LogP contribution in [-0.4, -0.2) is 12.1 Å². The van der Waals surface area contributed by atoms with E-state index in [-0.39, 0.29) is 18.0 Å². The largest absolute Gasteiger partial charge is 0.491 e. The zero-order valence-corrected chi connectivity index (χ0v) is 8.53. The molecule has 0 radical (unpaired) electrons. The zero-order valence-electron chi connectivity index (χ0n) is 8.53. The number of hydrogen-bond donors (Lipinski definition) is 1. The molecule has 1 aromatic rings. The van der Waals surface area contributed by atoms with Gasteiger partial charge in [0.25, 0.3) is 0 Å². The molecule has 1 aromatic carbocycles. The molecular formula is C11H16FNO. The van der Waals surface area contributed by atoms with Crippen molar-refractivity contribution >= 4 is 0 Å². The highest BCUT2D eigenvalue weighted by Gasteiger charge is 2.06. The van der Waals surface area contributed by atoms with E-state index in [1.165, 1.54) is 12.1 Å². The second-order valence-electron chi connectivity index (χ2n) is 3.60. The third-order valence-corrected chi connectivity index (χ3v) is 1.84. The van der Waals surface area contributed by atoms with Crippen molar-refractivity contribution in [1.29, 1.82) is 0 Å². The smallest absolute Gasteiger partial charge is 0.126 e. The lowest BCUT2D eigenvalue weighted by Gasteiger charge is -2.16. The topological polar surface area (TPSA) is 35.2 Å². The van der Waals surface area contributed by atoms with E-state index in [2.05, 4.69) is 0 Å². The molecule has 0 aromatic heterocycles. The summed E-state index contributed by atoms with van der Waals surface area (Å²) in [4.78, 5) is 0. The quantitative estimate of drug-likeness (QED) is 0.804. The fraction of sp³-hybridized carbons (Fsp3) is 0.455. The Hall–Kier alpha value is -1.09. The summed E-state index contributed by atoms with van der Waals surface area (Å²) in [5, 5.41) is 0. The van der Waals surface area contributed by atoms with Crippen LogP contribution >= 0.6 is 0 Å². The summed E-state index contributed by atoms with van der Waals surface area (Å²) in [6.45, 7) is 3.85. The van der Waals surface area contributed by atoms with E-state index >= 15 is 0 Å². The van der Waals surface area contributed by atoms with Crippen LogP contribution in [0.4, 0.5) is 4.39 Å². The van der Waals surface area contributed by atoms with Crippen LogP contribution in [0.15, 0.2) is 24.3 Å². The molecular weight excluding hydrogens is 181 g/mol. The highest BCUT2D eigenvalue weighted by molar-refractivity contribution is 5.22. The molecule has 0 spiro atoms. The van der Waals surface area contributed by atoms with Gasteiger partial charge in [-0.25, -0.2) is 4.39 Å². The van der Waals surface area contributed by atoms with Crippen molar-refractivity contribution in [3.63, 3.8) is 0 Å². The van der Waals surface area contributed by atoms with E-state index in [1.54, 1.807) is 12.1 Å². The van der Waals surface area contributed by atoms with E-state index in [0.717, 1.165) is 6.42 Å². The Morgan fingerprint density at radius 3 is 2.71 bits per heavy atom. The summed E-state index contributed by atoms with van der Waals surface area (Å²) in [5.41, 5.74) is 5.62. The molecule has 78 valence electrons. The lowest BCUT2D eigenvalue weighted by molar-refractivity contribution is 0.202. The molecule has 3 heteroatoms. The average molecular weight is 197 g/mol. The molecule has 1 rings (SSSR count). The molecule has 2 nitrogen and oxygen atoms in total. The molecule has 0 saturated heterocycles. The normalized spacial score (nSPS) is 14.9. The Kier molecular flexibility index (Phi) is 3.89. The highest BCUT2D eigenvalue weighted by Crippen LogP contribution is 2.15. The van der Waals surface area contributed by atoms with Gasteiger partial charge in [0.05, 0.1) is 6.10 Å². The van der Waals surface area contributed by atoms with Crippen molar-refractivity contribution < 1.29 is 9.13 Å². The molecule has 0 bridgehead atoms. The third-order valence-electron chi connectivity index (χ3n) is 1.84. The first-order chi connectivity index (χ1) is 6.58. The van der Waals surface area contributed by atoms with Crippen LogP contribution in [0.1, 0.15) is 20.3 Å². The molecule has 14 heavy (non-hydrogen) atoms. The maximum Gasteiger partial charge on any atom is 0.126 e. The lowest BCUT2D eigenvalue weighted by Crippen LogP contribution is -2.24. The standard InChI is InChI=1S/C11H16FNO/c1-8(13)6-9(2)14-11-5-3-4-10(12)7-11/h3-5,7-9H,6,13H2,1-2H3. The Labute approximate surface area is 83.9 Å². The summed E-state index contributed by atoms with van der Waals surface area (Å²) in [6.07, 6.45) is 0.771. The van der Waals surface area contributed by atoms with Crippen molar-refractivity contribution in [2.75, 3.05) is 0 Å². The summed E-state index contributed by atoms with van der Waals surface area (Å²) in [7, 11) is 0. The molecule has 0 aliphatic rings. The fourth-order valence-electron chi connectivity index (χ4n) is 1.34. The molecule has 0 saturated carbocycles. The van der Waals surface area contributed by atoms with Crippen LogP contribution in [0, 0.1) is 5.82 Å². The summed E-state index contributed by atoms with van der Waals surface area (Å²) < 4.78 is 18.3. The van der Waals surface area contributed by atoms with Crippen LogP contribution in [0.5, 0.6) is 5.75 Å². The predicted octanol–water partition coefficient (Wildman–Crippen LogP) is 2.33. The summed E-state index contributed by atoms with van der Waals surface area (Å²) in [5.74, 6) is 0.272. The Morgan fingerprint density at radius 1 is 1.43 bits per heavy atom. The van der Waals surface area contributed by atoms with Crippen molar-refractivity contribution in [3.8, 4) is 5.75 Å². The predicted molar refractivity (Wildman–Crippen MR) is 54.8 cm³/mol. The van der Waals surface area contributed by atoms with Crippen molar-refractivity contribution in [2.24, 2.45) is 5.73 Å². The molecule has 0 amide bonds. The minimum Gasteiger partial charge on any atom is -0.491 e. The molecule has 0 fully saturated rings. The van der Waals surface area contributed by atoms with Gasteiger partial charge < -0.3 is 10.5 Å². The molecule has 2 atom stereocenters. The third kappa shape index (κ3) is 3.75. The van der Waals surface area contributed by atoms with Gasteiger partial charge in [0.15, 0.2) is 0 Å². The fourth-order valence-corrected chi connectivity index (χ4v) is 1.34. The van der Waals surface area contributed by atoms with Gasteiger partial charge in [0.2, 0.25) is 0 Å². The second-order valence-corrected chi connectivity index (χ2v) is 3.60. The SMILES string of the molecule is CC(N)CC(C)Oc1cccc(F)c1. The molecule has 0 aliphatic carbocycles. The first kappa shape index (κ1) is 11.0. The number of hydrogen-bond acceptors (Lipinski definition) is 2. The van der Waals surface area contributed by atoms with Gasteiger partial charge in [-0.05, 0) is 32.4 Å². The summed E-state index contributed by atoms with van der Waals surface area (Å²) >= 11 is 0.